The van der Waals surface area contributed by atoms with E-state index in [1.807, 2.05) is 12.1 Å². The van der Waals surface area contributed by atoms with Crippen LogP contribution in [0.25, 0.3) is 10.8 Å². The molecule has 0 aromatic heterocycles. The molecule has 2 atom stereocenters. The summed E-state index contributed by atoms with van der Waals surface area (Å²) in [5.41, 5.74) is 2.39. The molecular formula is C22H22O3. The van der Waals surface area contributed by atoms with Crippen LogP contribution in [0.2, 0.25) is 0 Å². The average Bonchev–Trinajstić information content (AvgIpc) is 3.17. The van der Waals surface area contributed by atoms with Crippen LogP contribution >= 0.6 is 0 Å². The van der Waals surface area contributed by atoms with Crippen LogP contribution in [0.4, 0.5) is 0 Å². The maximum atomic E-state index is 6.36. The molecule has 3 aromatic carbocycles. The molecule has 1 aliphatic heterocycles. The molecule has 0 saturated carbocycles. The topological polar surface area (TPSA) is 27.7 Å². The van der Waals surface area contributed by atoms with E-state index in [1.165, 1.54) is 16.3 Å². The zero-order valence-corrected chi connectivity index (χ0v) is 14.6. The molecule has 0 spiro atoms. The summed E-state index contributed by atoms with van der Waals surface area (Å²) in [5, 5.41) is 2.53. The van der Waals surface area contributed by atoms with Crippen molar-refractivity contribution in [2.45, 2.75) is 25.0 Å². The first-order valence-corrected chi connectivity index (χ1v) is 8.64. The van der Waals surface area contributed by atoms with Crippen LogP contribution in [-0.2, 0) is 4.74 Å². The minimum Gasteiger partial charge on any atom is -0.493 e. The lowest BCUT2D eigenvalue weighted by Crippen LogP contribution is -2.01. The van der Waals surface area contributed by atoms with Crippen molar-refractivity contribution in [2.24, 2.45) is 0 Å². The Balaban J connectivity index is 1.56. The number of ether oxygens (including phenoxy) is 3. The van der Waals surface area contributed by atoms with E-state index in [-0.39, 0.29) is 12.2 Å². The fraction of sp³-hybridized carbons (Fsp3) is 0.273. The van der Waals surface area contributed by atoms with Gasteiger partial charge in [-0.2, -0.15) is 0 Å². The first-order chi connectivity index (χ1) is 12.3. The molecule has 0 aliphatic carbocycles. The van der Waals surface area contributed by atoms with E-state index in [2.05, 4.69) is 48.5 Å². The van der Waals surface area contributed by atoms with E-state index in [9.17, 15) is 0 Å². The van der Waals surface area contributed by atoms with Gasteiger partial charge >= 0.3 is 0 Å². The average molecular weight is 334 g/mol. The minimum atomic E-state index is 0.0938. The van der Waals surface area contributed by atoms with E-state index >= 15 is 0 Å². The fourth-order valence-electron chi connectivity index (χ4n) is 3.59. The van der Waals surface area contributed by atoms with Gasteiger partial charge in [-0.25, -0.2) is 0 Å². The molecule has 0 bridgehead atoms. The third-order valence-electron chi connectivity index (χ3n) is 4.94. The van der Waals surface area contributed by atoms with Crippen molar-refractivity contribution in [1.82, 2.24) is 0 Å². The predicted molar refractivity (Wildman–Crippen MR) is 99.3 cm³/mol. The monoisotopic (exact) mass is 334 g/mol. The van der Waals surface area contributed by atoms with E-state index in [4.69, 9.17) is 14.2 Å². The van der Waals surface area contributed by atoms with Gasteiger partial charge in [0.25, 0.3) is 0 Å². The lowest BCUT2D eigenvalue weighted by atomic mass is 10.0. The van der Waals surface area contributed by atoms with Crippen molar-refractivity contribution in [2.75, 3.05) is 14.2 Å². The molecule has 3 nitrogen and oxygen atoms in total. The second-order valence-electron chi connectivity index (χ2n) is 6.41. The summed E-state index contributed by atoms with van der Waals surface area (Å²) >= 11 is 0. The van der Waals surface area contributed by atoms with Crippen molar-refractivity contribution >= 4 is 10.8 Å². The number of hydrogen-bond acceptors (Lipinski definition) is 3. The number of rotatable bonds is 4. The lowest BCUT2D eigenvalue weighted by Gasteiger charge is -2.16. The largest absolute Gasteiger partial charge is 0.493 e. The van der Waals surface area contributed by atoms with Crippen LogP contribution in [-0.4, -0.2) is 14.2 Å². The standard InChI is InChI=1S/C22H22O3/c1-23-21-10-9-18(14-22(21)24-2)20-12-11-19(25-20)17-8-7-15-5-3-4-6-16(15)13-17/h3-10,13-14,19-20H,11-12H2,1-2H3. The van der Waals surface area contributed by atoms with Gasteiger partial charge in [0.2, 0.25) is 0 Å². The van der Waals surface area contributed by atoms with Crippen molar-refractivity contribution in [3.63, 3.8) is 0 Å². The summed E-state index contributed by atoms with van der Waals surface area (Å²) in [7, 11) is 3.31. The van der Waals surface area contributed by atoms with E-state index < -0.39 is 0 Å². The van der Waals surface area contributed by atoms with Crippen LogP contribution in [0.5, 0.6) is 11.5 Å². The molecule has 25 heavy (non-hydrogen) atoms. The van der Waals surface area contributed by atoms with Crippen molar-refractivity contribution in [1.29, 1.82) is 0 Å². The molecule has 2 unspecified atom stereocenters. The van der Waals surface area contributed by atoms with Crippen LogP contribution in [0.15, 0.2) is 60.7 Å². The fourth-order valence-corrected chi connectivity index (χ4v) is 3.59. The minimum absolute atomic E-state index is 0.0938. The highest BCUT2D eigenvalue weighted by Crippen LogP contribution is 2.43. The van der Waals surface area contributed by atoms with Gasteiger partial charge in [-0.1, -0.05) is 42.5 Å². The van der Waals surface area contributed by atoms with E-state index in [0.29, 0.717) is 0 Å². The van der Waals surface area contributed by atoms with Crippen LogP contribution in [0.3, 0.4) is 0 Å². The first-order valence-electron chi connectivity index (χ1n) is 8.64. The highest BCUT2D eigenvalue weighted by Gasteiger charge is 2.28. The molecular weight excluding hydrogens is 312 g/mol. The van der Waals surface area contributed by atoms with Crippen molar-refractivity contribution in [3.8, 4) is 11.5 Å². The Kier molecular flexibility index (Phi) is 4.33. The molecule has 3 heteroatoms. The zero-order chi connectivity index (χ0) is 17.2. The highest BCUT2D eigenvalue weighted by molar-refractivity contribution is 5.83. The predicted octanol–water partition coefficient (Wildman–Crippen LogP) is 5.45. The number of benzene rings is 3. The number of methoxy groups -OCH3 is 2. The molecule has 0 N–H and O–H groups in total. The van der Waals surface area contributed by atoms with Crippen LogP contribution < -0.4 is 9.47 Å². The Morgan fingerprint density at radius 2 is 1.36 bits per heavy atom. The summed E-state index contributed by atoms with van der Waals surface area (Å²) in [6.07, 6.45) is 2.27. The molecule has 0 radical (unpaired) electrons. The molecule has 1 aliphatic rings. The SMILES string of the molecule is COc1ccc(C2CCC(c3ccc4ccccc4c3)O2)cc1OC. The maximum Gasteiger partial charge on any atom is 0.161 e. The van der Waals surface area contributed by atoms with Gasteiger partial charge in [0.15, 0.2) is 11.5 Å². The Hall–Kier alpha value is -2.52. The highest BCUT2D eigenvalue weighted by atomic mass is 16.5. The van der Waals surface area contributed by atoms with Crippen molar-refractivity contribution in [3.05, 3.63) is 71.8 Å². The normalized spacial score (nSPS) is 19.9. The van der Waals surface area contributed by atoms with Gasteiger partial charge in [0.05, 0.1) is 26.4 Å². The first kappa shape index (κ1) is 16.0. The Morgan fingerprint density at radius 1 is 0.720 bits per heavy atom. The van der Waals surface area contributed by atoms with E-state index in [0.717, 1.165) is 29.9 Å². The third kappa shape index (κ3) is 3.08. The Bertz CT molecular complexity index is 887. The lowest BCUT2D eigenvalue weighted by molar-refractivity contribution is 0.0440. The maximum absolute atomic E-state index is 6.36. The van der Waals surface area contributed by atoms with Gasteiger partial charge in [-0.15, -0.1) is 0 Å². The van der Waals surface area contributed by atoms with E-state index in [1.54, 1.807) is 14.2 Å². The number of hydrogen-bond donors (Lipinski definition) is 0. The molecule has 4 rings (SSSR count). The summed E-state index contributed by atoms with van der Waals surface area (Å²) in [6.45, 7) is 0. The summed E-state index contributed by atoms with van der Waals surface area (Å²) < 4.78 is 17.1. The Labute approximate surface area is 148 Å². The van der Waals surface area contributed by atoms with Crippen LogP contribution in [0.1, 0.15) is 36.2 Å². The molecule has 1 heterocycles. The molecule has 1 fully saturated rings. The van der Waals surface area contributed by atoms with Gasteiger partial charge in [-0.3, -0.25) is 0 Å². The second-order valence-corrected chi connectivity index (χ2v) is 6.41. The van der Waals surface area contributed by atoms with Gasteiger partial charge < -0.3 is 14.2 Å². The van der Waals surface area contributed by atoms with Crippen molar-refractivity contribution < 1.29 is 14.2 Å². The molecule has 0 amide bonds. The van der Waals surface area contributed by atoms with Gasteiger partial charge in [0.1, 0.15) is 0 Å². The second kappa shape index (κ2) is 6.77. The summed E-state index contributed by atoms with van der Waals surface area (Å²) in [6, 6.07) is 21.1. The Morgan fingerprint density at radius 3 is 2.08 bits per heavy atom. The van der Waals surface area contributed by atoms with Gasteiger partial charge in [-0.05, 0) is 52.9 Å². The molecule has 1 saturated heterocycles. The smallest absolute Gasteiger partial charge is 0.161 e. The molecule has 3 aromatic rings. The third-order valence-corrected chi connectivity index (χ3v) is 4.94. The summed E-state index contributed by atoms with van der Waals surface area (Å²) in [5.74, 6) is 1.49. The van der Waals surface area contributed by atoms with Crippen LogP contribution in [0, 0.1) is 0 Å². The quantitative estimate of drug-likeness (QED) is 0.635. The van der Waals surface area contributed by atoms with Gasteiger partial charge in [0, 0.05) is 0 Å². The number of fused-ring (bicyclic) bond motifs is 1. The molecule has 128 valence electrons. The zero-order valence-electron chi connectivity index (χ0n) is 14.6. The summed E-state index contributed by atoms with van der Waals surface area (Å²) in [4.78, 5) is 0.